The molecule has 8 nitrogen and oxygen atoms in total. The molecular formula is C31H31FN4O4. The van der Waals surface area contributed by atoms with Gasteiger partial charge in [-0.05, 0) is 56.0 Å². The Balaban J connectivity index is 1.33. The highest BCUT2D eigenvalue weighted by Gasteiger charge is 2.73. The maximum absolute atomic E-state index is 14.4. The molecule has 4 amide bonds. The Morgan fingerprint density at radius 2 is 1.52 bits per heavy atom. The summed E-state index contributed by atoms with van der Waals surface area (Å²) in [4.78, 5) is 47.3. The molecule has 0 radical (unpaired) electrons. The number of hydrogen-bond donors (Lipinski definition) is 1. The molecule has 4 atom stereocenters. The van der Waals surface area contributed by atoms with Crippen molar-refractivity contribution in [3.63, 3.8) is 0 Å². The van der Waals surface area contributed by atoms with E-state index in [0.717, 1.165) is 0 Å². The summed E-state index contributed by atoms with van der Waals surface area (Å²) in [5, 5.41) is 10.5. The van der Waals surface area contributed by atoms with E-state index >= 15 is 0 Å². The van der Waals surface area contributed by atoms with Crippen LogP contribution in [-0.2, 0) is 11.3 Å². The van der Waals surface area contributed by atoms with Gasteiger partial charge < -0.3 is 19.8 Å². The summed E-state index contributed by atoms with van der Waals surface area (Å²) < 4.78 is 14.4. The molecule has 1 aliphatic carbocycles. The number of urea groups is 2. The Morgan fingerprint density at radius 1 is 0.925 bits per heavy atom. The smallest absolute Gasteiger partial charge is 0.330 e. The van der Waals surface area contributed by atoms with E-state index in [2.05, 4.69) is 0 Å². The van der Waals surface area contributed by atoms with Crippen LogP contribution < -0.4 is 4.90 Å². The molecule has 2 saturated heterocycles. The van der Waals surface area contributed by atoms with Crippen LogP contribution in [0.5, 0.6) is 0 Å². The van der Waals surface area contributed by atoms with Crippen molar-refractivity contribution in [1.29, 1.82) is 0 Å². The van der Waals surface area contributed by atoms with Crippen LogP contribution in [0.25, 0.3) is 0 Å². The van der Waals surface area contributed by atoms with Gasteiger partial charge in [-0.1, -0.05) is 54.6 Å². The van der Waals surface area contributed by atoms with E-state index in [0.29, 0.717) is 36.3 Å². The number of piperazine rings is 1. The average Bonchev–Trinajstić information content (AvgIpc) is 3.57. The lowest BCUT2D eigenvalue weighted by Gasteiger charge is -2.49. The number of carboxylic acids is 1. The highest BCUT2D eigenvalue weighted by Crippen LogP contribution is 2.62. The van der Waals surface area contributed by atoms with Crippen molar-refractivity contribution < 1.29 is 23.9 Å². The van der Waals surface area contributed by atoms with Crippen LogP contribution in [0, 0.1) is 11.7 Å². The number of rotatable bonds is 6. The molecule has 2 bridgehead atoms. The van der Waals surface area contributed by atoms with E-state index in [1.807, 2.05) is 67.6 Å². The van der Waals surface area contributed by atoms with Gasteiger partial charge in [0.05, 0.1) is 29.5 Å². The van der Waals surface area contributed by atoms with Crippen molar-refractivity contribution in [2.45, 2.75) is 43.9 Å². The van der Waals surface area contributed by atoms with E-state index in [1.165, 1.54) is 15.9 Å². The topological polar surface area (TPSA) is 84.4 Å². The first-order valence-corrected chi connectivity index (χ1v) is 13.6. The molecule has 1 saturated carbocycles. The lowest BCUT2D eigenvalue weighted by Crippen LogP contribution is -2.69. The SMILES string of the molecule is CCN(Cc1ccccc1F)C(=O)N1[C@@H]2C[C@@H]3CC31CN(C(=O)N(c1ccccc1)c1ccccc1)[C@@H]2C(=O)O. The Morgan fingerprint density at radius 3 is 2.10 bits per heavy atom. The average molecular weight is 543 g/mol. The van der Waals surface area contributed by atoms with Gasteiger partial charge in [-0.25, -0.2) is 18.8 Å². The normalized spacial score (nSPS) is 24.3. The van der Waals surface area contributed by atoms with Crippen LogP contribution in [0.1, 0.15) is 25.3 Å². The molecule has 206 valence electrons. The maximum Gasteiger partial charge on any atom is 0.330 e. The van der Waals surface area contributed by atoms with Gasteiger partial charge in [0.1, 0.15) is 5.82 Å². The molecule has 9 heteroatoms. The number of halogens is 1. The van der Waals surface area contributed by atoms with E-state index in [-0.39, 0.29) is 30.9 Å². The van der Waals surface area contributed by atoms with Crippen LogP contribution in [0.4, 0.5) is 25.4 Å². The second kappa shape index (κ2) is 9.97. The Kier molecular flexibility index (Phi) is 6.44. The van der Waals surface area contributed by atoms with Crippen LogP contribution in [0.15, 0.2) is 84.9 Å². The Labute approximate surface area is 232 Å². The molecule has 6 rings (SSSR count). The van der Waals surface area contributed by atoms with Crippen LogP contribution in [0.3, 0.4) is 0 Å². The van der Waals surface area contributed by atoms with E-state index in [9.17, 15) is 23.9 Å². The minimum atomic E-state index is -1.21. The number of fused-ring (bicyclic) bond motifs is 1. The number of para-hydroxylation sites is 2. The van der Waals surface area contributed by atoms with Gasteiger partial charge in [0.2, 0.25) is 0 Å². The van der Waals surface area contributed by atoms with Gasteiger partial charge in [0.15, 0.2) is 6.04 Å². The standard InChI is InChI=1S/C31H31FN4O4/c1-2-33(19-21-11-9-10-16-25(21)32)29(39)36-26-17-22-18-31(22,36)20-34(27(26)28(37)38)30(40)35(23-12-5-3-6-13-23)24-14-7-4-8-15-24/h3-16,22,26-27H,2,17-20H2,1H3,(H,37,38)/t22-,26-,27+,31?/m1/s1. The summed E-state index contributed by atoms with van der Waals surface area (Å²) in [5.74, 6) is -1.42. The number of carbonyl (C=O) groups is 3. The van der Waals surface area contributed by atoms with Gasteiger partial charge in [0.25, 0.3) is 0 Å². The second-order valence-electron chi connectivity index (χ2n) is 10.8. The summed E-state index contributed by atoms with van der Waals surface area (Å²) >= 11 is 0. The zero-order valence-electron chi connectivity index (χ0n) is 22.2. The van der Waals surface area contributed by atoms with E-state index in [4.69, 9.17) is 0 Å². The first-order valence-electron chi connectivity index (χ1n) is 13.6. The molecule has 1 N–H and O–H groups in total. The number of aliphatic carboxylic acids is 1. The first-order chi connectivity index (χ1) is 19.4. The van der Waals surface area contributed by atoms with Gasteiger partial charge >= 0.3 is 18.0 Å². The maximum atomic E-state index is 14.4. The third kappa shape index (κ3) is 4.16. The summed E-state index contributed by atoms with van der Waals surface area (Å²) in [6.45, 7) is 2.38. The van der Waals surface area contributed by atoms with Crippen LogP contribution in [0.2, 0.25) is 0 Å². The molecule has 2 heterocycles. The summed E-state index contributed by atoms with van der Waals surface area (Å²) in [7, 11) is 0. The van der Waals surface area contributed by atoms with Crippen molar-refractivity contribution in [3.05, 3.63) is 96.3 Å². The largest absolute Gasteiger partial charge is 0.480 e. The molecule has 2 aliphatic heterocycles. The summed E-state index contributed by atoms with van der Waals surface area (Å²) in [6.07, 6.45) is 1.22. The highest BCUT2D eigenvalue weighted by molar-refractivity contribution is 6.01. The lowest BCUT2D eigenvalue weighted by molar-refractivity contribution is -0.146. The summed E-state index contributed by atoms with van der Waals surface area (Å²) in [6, 6.07) is 22.0. The molecule has 3 aromatic carbocycles. The second-order valence-corrected chi connectivity index (χ2v) is 10.8. The number of carboxylic acid groups (broad SMARTS) is 1. The number of nitrogens with zero attached hydrogens (tertiary/aromatic N) is 4. The molecule has 3 aliphatic rings. The third-order valence-corrected chi connectivity index (χ3v) is 8.58. The van der Waals surface area contributed by atoms with Crippen molar-refractivity contribution in [2.75, 3.05) is 18.0 Å². The number of amides is 4. The van der Waals surface area contributed by atoms with Crippen LogP contribution >= 0.6 is 0 Å². The molecule has 3 fully saturated rings. The fourth-order valence-corrected chi connectivity index (χ4v) is 6.60. The molecule has 3 aromatic rings. The molecule has 1 spiro atoms. The number of anilines is 2. The minimum absolute atomic E-state index is 0.0855. The zero-order valence-corrected chi connectivity index (χ0v) is 22.2. The minimum Gasteiger partial charge on any atom is -0.480 e. The van der Waals surface area contributed by atoms with E-state index < -0.39 is 29.6 Å². The zero-order chi connectivity index (χ0) is 28.0. The lowest BCUT2D eigenvalue weighted by atomic mass is 9.98. The third-order valence-electron chi connectivity index (χ3n) is 8.58. The number of carbonyl (C=O) groups excluding carboxylic acids is 2. The Bertz CT molecular complexity index is 1400. The fraction of sp³-hybridized carbons (Fsp3) is 0.323. The van der Waals surface area contributed by atoms with Crippen molar-refractivity contribution in [1.82, 2.24) is 14.7 Å². The van der Waals surface area contributed by atoms with Crippen molar-refractivity contribution in [3.8, 4) is 0 Å². The van der Waals surface area contributed by atoms with Gasteiger partial charge in [-0.2, -0.15) is 0 Å². The molecule has 1 unspecified atom stereocenters. The highest BCUT2D eigenvalue weighted by atomic mass is 19.1. The Hall–Kier alpha value is -4.40. The van der Waals surface area contributed by atoms with Crippen LogP contribution in [-0.4, -0.2) is 68.5 Å². The predicted octanol–water partition coefficient (Wildman–Crippen LogP) is 5.33. The first kappa shape index (κ1) is 25.9. The van der Waals surface area contributed by atoms with E-state index in [1.54, 1.807) is 28.0 Å². The molecule has 0 aromatic heterocycles. The van der Waals surface area contributed by atoms with Gasteiger partial charge in [-0.15, -0.1) is 0 Å². The van der Waals surface area contributed by atoms with Gasteiger partial charge in [-0.3, -0.25) is 4.90 Å². The number of piperidine rings is 1. The number of benzene rings is 3. The van der Waals surface area contributed by atoms with Crippen molar-refractivity contribution in [2.24, 2.45) is 5.92 Å². The predicted molar refractivity (Wildman–Crippen MR) is 148 cm³/mol. The fourth-order valence-electron chi connectivity index (χ4n) is 6.60. The number of hydrogen-bond acceptors (Lipinski definition) is 3. The van der Waals surface area contributed by atoms with Gasteiger partial charge in [0, 0.05) is 18.7 Å². The number of likely N-dealkylation sites (tertiary alicyclic amines) is 1. The summed E-state index contributed by atoms with van der Waals surface area (Å²) in [5.41, 5.74) is 1.03. The van der Waals surface area contributed by atoms with Crippen molar-refractivity contribution >= 4 is 29.4 Å². The monoisotopic (exact) mass is 542 g/mol. The molecular weight excluding hydrogens is 511 g/mol. The quantitative estimate of drug-likeness (QED) is 0.457. The molecule has 40 heavy (non-hydrogen) atoms.